The number of carbonyl (C=O) groups excluding carboxylic acids is 1. The molecule has 0 radical (unpaired) electrons. The SMILES string of the molecule is CC(C)Cn1c(=O)c2sccc2n2c(CCCC(=O)NCc3ccc(Cl)cc3)nnc12. The third-order valence-electron chi connectivity index (χ3n) is 5.03. The fourth-order valence-corrected chi connectivity index (χ4v) is 4.52. The summed E-state index contributed by atoms with van der Waals surface area (Å²) in [4.78, 5) is 25.1. The molecule has 9 heteroatoms. The standard InChI is InChI=1S/C22H24ClN5O2S/c1-14(2)13-27-21(30)20-17(10-11-31-20)28-18(25-26-22(27)28)4-3-5-19(29)24-12-15-6-8-16(23)9-7-15/h6-11,14H,3-5,12-13H2,1-2H3,(H,24,29). The number of hydrogen-bond donors (Lipinski definition) is 1. The molecule has 0 saturated heterocycles. The van der Waals surface area contributed by atoms with Crippen molar-refractivity contribution in [3.63, 3.8) is 0 Å². The van der Waals surface area contributed by atoms with E-state index in [2.05, 4.69) is 29.4 Å². The summed E-state index contributed by atoms with van der Waals surface area (Å²) in [5.41, 5.74) is 1.81. The zero-order valence-electron chi connectivity index (χ0n) is 17.5. The van der Waals surface area contributed by atoms with Crippen molar-refractivity contribution in [1.29, 1.82) is 0 Å². The van der Waals surface area contributed by atoms with Gasteiger partial charge in [0.05, 0.1) is 5.52 Å². The third-order valence-corrected chi connectivity index (χ3v) is 6.18. The number of aryl methyl sites for hydroxylation is 1. The molecule has 3 aromatic heterocycles. The lowest BCUT2D eigenvalue weighted by Crippen LogP contribution is -2.25. The van der Waals surface area contributed by atoms with Crippen molar-refractivity contribution in [1.82, 2.24) is 24.5 Å². The normalized spacial score (nSPS) is 11.6. The minimum absolute atomic E-state index is 0.0128. The highest BCUT2D eigenvalue weighted by atomic mass is 35.5. The molecule has 0 unspecified atom stereocenters. The molecule has 0 aliphatic rings. The van der Waals surface area contributed by atoms with Crippen LogP contribution in [0.5, 0.6) is 0 Å². The Morgan fingerprint density at radius 3 is 2.71 bits per heavy atom. The van der Waals surface area contributed by atoms with Gasteiger partial charge in [0, 0.05) is 31.0 Å². The van der Waals surface area contributed by atoms with E-state index in [1.165, 1.54) is 11.3 Å². The summed E-state index contributed by atoms with van der Waals surface area (Å²) in [6.45, 7) is 5.20. The van der Waals surface area contributed by atoms with Crippen molar-refractivity contribution >= 4 is 44.8 Å². The molecule has 4 aromatic rings. The molecule has 1 amide bonds. The number of rotatable bonds is 8. The number of halogens is 1. The molecule has 4 rings (SSSR count). The molecule has 1 N–H and O–H groups in total. The van der Waals surface area contributed by atoms with Crippen LogP contribution in [-0.4, -0.2) is 25.1 Å². The zero-order chi connectivity index (χ0) is 22.0. The van der Waals surface area contributed by atoms with Crippen molar-refractivity contribution in [2.24, 2.45) is 5.92 Å². The first-order valence-corrected chi connectivity index (χ1v) is 11.5. The van der Waals surface area contributed by atoms with E-state index in [-0.39, 0.29) is 11.5 Å². The summed E-state index contributed by atoms with van der Waals surface area (Å²) in [5.74, 6) is 1.62. The quantitative estimate of drug-likeness (QED) is 0.432. The van der Waals surface area contributed by atoms with Gasteiger partial charge in [-0.3, -0.25) is 18.6 Å². The van der Waals surface area contributed by atoms with E-state index in [0.717, 1.165) is 16.9 Å². The summed E-state index contributed by atoms with van der Waals surface area (Å²) < 4.78 is 4.37. The van der Waals surface area contributed by atoms with Crippen molar-refractivity contribution in [3.8, 4) is 0 Å². The van der Waals surface area contributed by atoms with E-state index in [9.17, 15) is 9.59 Å². The van der Waals surface area contributed by atoms with E-state index in [1.54, 1.807) is 4.57 Å². The molecule has 1 aromatic carbocycles. The second kappa shape index (κ2) is 9.20. The Hall–Kier alpha value is -2.71. The summed E-state index contributed by atoms with van der Waals surface area (Å²) >= 11 is 7.32. The number of aromatic nitrogens is 4. The number of thiophene rings is 1. The van der Waals surface area contributed by atoms with Crippen molar-refractivity contribution in [3.05, 3.63) is 62.5 Å². The lowest BCUT2D eigenvalue weighted by molar-refractivity contribution is -0.121. The van der Waals surface area contributed by atoms with Crippen LogP contribution in [0.25, 0.3) is 16.0 Å². The van der Waals surface area contributed by atoms with Crippen LogP contribution in [0.2, 0.25) is 5.02 Å². The Kier molecular flexibility index (Phi) is 6.38. The van der Waals surface area contributed by atoms with Gasteiger partial charge in [-0.05, 0) is 41.5 Å². The number of fused-ring (bicyclic) bond motifs is 3. The van der Waals surface area contributed by atoms with Gasteiger partial charge in [0.25, 0.3) is 5.56 Å². The second-order valence-corrected chi connectivity index (χ2v) is 9.31. The van der Waals surface area contributed by atoms with Gasteiger partial charge in [-0.25, -0.2) is 0 Å². The molecule has 0 fully saturated rings. The average Bonchev–Trinajstić information content (AvgIpc) is 3.38. The highest BCUT2D eigenvalue weighted by Gasteiger charge is 2.18. The van der Waals surface area contributed by atoms with E-state index in [0.29, 0.717) is 53.8 Å². The van der Waals surface area contributed by atoms with Crippen LogP contribution in [0.15, 0.2) is 40.5 Å². The lowest BCUT2D eigenvalue weighted by atomic mass is 10.2. The lowest BCUT2D eigenvalue weighted by Gasteiger charge is -2.11. The summed E-state index contributed by atoms with van der Waals surface area (Å²) in [6, 6.07) is 9.34. The van der Waals surface area contributed by atoms with Gasteiger partial charge in [-0.1, -0.05) is 37.6 Å². The second-order valence-electron chi connectivity index (χ2n) is 7.95. The molecule has 0 saturated carbocycles. The number of nitrogens with zero attached hydrogens (tertiary/aromatic N) is 4. The highest BCUT2D eigenvalue weighted by molar-refractivity contribution is 7.17. The van der Waals surface area contributed by atoms with Crippen molar-refractivity contribution in [2.75, 3.05) is 0 Å². The highest BCUT2D eigenvalue weighted by Crippen LogP contribution is 2.21. The smallest absolute Gasteiger partial charge is 0.272 e. The van der Waals surface area contributed by atoms with Crippen LogP contribution < -0.4 is 10.9 Å². The van der Waals surface area contributed by atoms with E-state index in [1.807, 2.05) is 40.1 Å². The van der Waals surface area contributed by atoms with E-state index in [4.69, 9.17) is 11.6 Å². The first kappa shape index (κ1) is 21.5. The minimum Gasteiger partial charge on any atom is -0.352 e. The molecule has 0 aliphatic carbocycles. The Morgan fingerprint density at radius 1 is 1.19 bits per heavy atom. The Labute approximate surface area is 188 Å². The number of hydrogen-bond acceptors (Lipinski definition) is 5. The van der Waals surface area contributed by atoms with Crippen LogP contribution in [0, 0.1) is 5.92 Å². The predicted octanol–water partition coefficient (Wildman–Crippen LogP) is 4.05. The van der Waals surface area contributed by atoms with Crippen LogP contribution in [0.3, 0.4) is 0 Å². The van der Waals surface area contributed by atoms with Gasteiger partial charge in [0.15, 0.2) is 0 Å². The molecule has 31 heavy (non-hydrogen) atoms. The fraction of sp³-hybridized carbons (Fsp3) is 0.364. The zero-order valence-corrected chi connectivity index (χ0v) is 19.0. The third kappa shape index (κ3) is 4.65. The van der Waals surface area contributed by atoms with Gasteiger partial charge in [-0.2, -0.15) is 0 Å². The summed E-state index contributed by atoms with van der Waals surface area (Å²) in [7, 11) is 0. The molecule has 162 valence electrons. The first-order valence-electron chi connectivity index (χ1n) is 10.3. The Morgan fingerprint density at radius 2 is 1.97 bits per heavy atom. The van der Waals surface area contributed by atoms with Crippen molar-refractivity contribution < 1.29 is 4.79 Å². The molecule has 7 nitrogen and oxygen atoms in total. The van der Waals surface area contributed by atoms with Gasteiger partial charge >= 0.3 is 0 Å². The maximum atomic E-state index is 12.9. The van der Waals surface area contributed by atoms with Crippen molar-refractivity contribution in [2.45, 2.75) is 46.2 Å². The number of nitrogens with one attached hydrogen (secondary N) is 1. The average molecular weight is 458 g/mol. The first-order chi connectivity index (χ1) is 14.9. The molecular weight excluding hydrogens is 434 g/mol. The monoisotopic (exact) mass is 457 g/mol. The molecule has 0 atom stereocenters. The predicted molar refractivity (Wildman–Crippen MR) is 124 cm³/mol. The number of carbonyl (C=O) groups is 1. The summed E-state index contributed by atoms with van der Waals surface area (Å²) in [5, 5.41) is 14.2. The number of amides is 1. The molecular formula is C22H24ClN5O2S. The molecule has 0 aliphatic heterocycles. The van der Waals surface area contributed by atoms with Crippen LogP contribution in [-0.2, 0) is 24.3 Å². The minimum atomic E-state index is -0.0215. The maximum Gasteiger partial charge on any atom is 0.272 e. The van der Waals surface area contributed by atoms with Crippen LogP contribution in [0.1, 0.15) is 38.1 Å². The fourth-order valence-electron chi connectivity index (χ4n) is 3.57. The molecule has 0 bridgehead atoms. The Balaban J connectivity index is 1.46. The van der Waals surface area contributed by atoms with Gasteiger partial charge in [0.2, 0.25) is 11.7 Å². The van der Waals surface area contributed by atoms with E-state index < -0.39 is 0 Å². The van der Waals surface area contributed by atoms with Gasteiger partial charge < -0.3 is 5.32 Å². The number of benzene rings is 1. The molecule has 0 spiro atoms. The maximum absolute atomic E-state index is 12.9. The van der Waals surface area contributed by atoms with E-state index >= 15 is 0 Å². The van der Waals surface area contributed by atoms with Gasteiger partial charge in [0.1, 0.15) is 10.5 Å². The van der Waals surface area contributed by atoms with Crippen LogP contribution in [0.4, 0.5) is 0 Å². The van der Waals surface area contributed by atoms with Gasteiger partial charge in [-0.15, -0.1) is 21.5 Å². The van der Waals surface area contributed by atoms with Crippen LogP contribution >= 0.6 is 22.9 Å². The Bertz CT molecular complexity index is 1270. The topological polar surface area (TPSA) is 81.3 Å². The summed E-state index contributed by atoms with van der Waals surface area (Å²) in [6.07, 6.45) is 1.63. The molecule has 3 heterocycles. The largest absolute Gasteiger partial charge is 0.352 e.